The van der Waals surface area contributed by atoms with Crippen LogP contribution in [0.4, 0.5) is 0 Å². The van der Waals surface area contributed by atoms with E-state index >= 15 is 0 Å². The van der Waals surface area contributed by atoms with Crippen molar-refractivity contribution in [1.82, 2.24) is 19.6 Å². The Hall–Kier alpha value is -2.15. The number of nitrogens with zero attached hydrogens (tertiary/aromatic N) is 4. The first-order valence-corrected chi connectivity index (χ1v) is 8.26. The van der Waals surface area contributed by atoms with Gasteiger partial charge in [-0.3, -0.25) is 19.2 Å². The third kappa shape index (κ3) is 2.96. The number of amides is 1. The summed E-state index contributed by atoms with van der Waals surface area (Å²) in [6.45, 7) is 6.47. The van der Waals surface area contributed by atoms with Gasteiger partial charge >= 0.3 is 5.97 Å². The maximum absolute atomic E-state index is 12.5. The molecule has 7 nitrogen and oxygen atoms in total. The molecule has 24 heavy (non-hydrogen) atoms. The lowest BCUT2D eigenvalue weighted by atomic mass is 9.81. The Morgan fingerprint density at radius 2 is 2.25 bits per heavy atom. The fourth-order valence-electron chi connectivity index (χ4n) is 3.99. The zero-order valence-corrected chi connectivity index (χ0v) is 14.0. The second kappa shape index (κ2) is 6.39. The normalized spacial score (nSPS) is 26.5. The Balaban J connectivity index is 1.62. The van der Waals surface area contributed by atoms with Gasteiger partial charge in [0.1, 0.15) is 5.41 Å². The average Bonchev–Trinajstić information content (AvgIpc) is 3.17. The molecule has 2 saturated heterocycles. The number of fused-ring (bicyclic) bond motifs is 1. The van der Waals surface area contributed by atoms with E-state index in [1.807, 2.05) is 13.2 Å². The molecule has 0 aromatic carbocycles. The molecule has 2 aliphatic rings. The largest absolute Gasteiger partial charge is 0.481 e. The molecule has 0 spiro atoms. The van der Waals surface area contributed by atoms with Crippen molar-refractivity contribution in [1.29, 1.82) is 0 Å². The number of carbonyl (C=O) groups excluding carboxylic acids is 1. The Morgan fingerprint density at radius 1 is 1.46 bits per heavy atom. The number of aryl methyl sites for hydroxylation is 2. The van der Waals surface area contributed by atoms with Gasteiger partial charge in [0, 0.05) is 58.3 Å². The van der Waals surface area contributed by atoms with Gasteiger partial charge in [-0.25, -0.2) is 0 Å². The number of likely N-dealkylation sites (tertiary alicyclic amines) is 2. The second-order valence-electron chi connectivity index (χ2n) is 6.94. The number of carboxylic acids is 1. The fraction of sp³-hybridized carbons (Fsp3) is 0.588. The minimum absolute atomic E-state index is 0.00251. The molecule has 2 atom stereocenters. The van der Waals surface area contributed by atoms with Crippen molar-refractivity contribution >= 4 is 11.9 Å². The molecule has 3 heterocycles. The minimum atomic E-state index is -0.826. The van der Waals surface area contributed by atoms with Crippen molar-refractivity contribution in [3.8, 4) is 0 Å². The number of carbonyl (C=O) groups is 2. The summed E-state index contributed by atoms with van der Waals surface area (Å²) in [5, 5.41) is 13.9. The molecule has 130 valence electrons. The lowest BCUT2D eigenvalue weighted by Crippen LogP contribution is -2.42. The lowest BCUT2D eigenvalue weighted by molar-refractivity contribution is -0.149. The summed E-state index contributed by atoms with van der Waals surface area (Å²) in [7, 11) is 1.85. The Labute approximate surface area is 141 Å². The van der Waals surface area contributed by atoms with Gasteiger partial charge in [-0.1, -0.05) is 6.08 Å². The standard InChI is InChI=1S/C17H24N4O3/c1-3-6-20-9-14-10-21(12-17(14,11-20)16(23)24)15(22)5-4-13-7-18-19(2)8-13/h3,7-8,14H,1,4-6,9-12H2,2H3,(H,23,24)/t14-,17-/m1/s1. The van der Waals surface area contributed by atoms with E-state index in [2.05, 4.69) is 16.6 Å². The summed E-state index contributed by atoms with van der Waals surface area (Å²) in [4.78, 5) is 28.3. The van der Waals surface area contributed by atoms with Crippen LogP contribution in [-0.4, -0.2) is 69.3 Å². The summed E-state index contributed by atoms with van der Waals surface area (Å²) in [5.74, 6) is -0.761. The molecule has 1 N–H and O–H groups in total. The topological polar surface area (TPSA) is 78.7 Å². The summed E-state index contributed by atoms with van der Waals surface area (Å²) in [6.07, 6.45) is 6.49. The Morgan fingerprint density at radius 3 is 2.83 bits per heavy atom. The molecule has 0 saturated carbocycles. The predicted octanol–water partition coefficient (Wildman–Crippen LogP) is 0.384. The van der Waals surface area contributed by atoms with E-state index in [9.17, 15) is 14.7 Å². The molecule has 1 aromatic heterocycles. The van der Waals surface area contributed by atoms with E-state index in [4.69, 9.17) is 0 Å². The summed E-state index contributed by atoms with van der Waals surface area (Å²) >= 11 is 0. The van der Waals surface area contributed by atoms with Gasteiger partial charge in [0.2, 0.25) is 5.91 Å². The highest BCUT2D eigenvalue weighted by atomic mass is 16.4. The van der Waals surface area contributed by atoms with Crippen LogP contribution in [0.1, 0.15) is 12.0 Å². The smallest absolute Gasteiger partial charge is 0.313 e. The zero-order chi connectivity index (χ0) is 17.3. The Bertz CT molecular complexity index is 656. The first kappa shape index (κ1) is 16.7. The number of hydrogen-bond donors (Lipinski definition) is 1. The van der Waals surface area contributed by atoms with E-state index in [1.165, 1.54) is 0 Å². The van der Waals surface area contributed by atoms with Crippen molar-refractivity contribution in [3.05, 3.63) is 30.6 Å². The molecule has 1 amide bonds. The molecule has 3 rings (SSSR count). The maximum atomic E-state index is 12.5. The van der Waals surface area contributed by atoms with Crippen LogP contribution in [0.3, 0.4) is 0 Å². The van der Waals surface area contributed by atoms with Crippen LogP contribution in [0.15, 0.2) is 25.0 Å². The van der Waals surface area contributed by atoms with Gasteiger partial charge in [-0.05, 0) is 12.0 Å². The summed E-state index contributed by atoms with van der Waals surface area (Å²) in [6, 6.07) is 0. The van der Waals surface area contributed by atoms with E-state index < -0.39 is 11.4 Å². The van der Waals surface area contributed by atoms with Gasteiger partial charge in [-0.2, -0.15) is 5.10 Å². The van der Waals surface area contributed by atoms with Crippen LogP contribution in [0, 0.1) is 11.3 Å². The zero-order valence-electron chi connectivity index (χ0n) is 14.0. The molecule has 0 unspecified atom stereocenters. The van der Waals surface area contributed by atoms with Crippen LogP contribution < -0.4 is 0 Å². The average molecular weight is 332 g/mol. The molecule has 0 radical (unpaired) electrons. The first-order valence-electron chi connectivity index (χ1n) is 8.26. The monoisotopic (exact) mass is 332 g/mol. The number of aromatic nitrogens is 2. The minimum Gasteiger partial charge on any atom is -0.481 e. The van der Waals surface area contributed by atoms with Crippen LogP contribution in [-0.2, 0) is 23.1 Å². The number of carboxylic acid groups (broad SMARTS) is 1. The van der Waals surface area contributed by atoms with Crippen LogP contribution in [0.2, 0.25) is 0 Å². The SMILES string of the molecule is C=CCN1C[C@@H]2CN(C(=O)CCc3cnn(C)c3)C[C@]2(C(=O)O)C1. The second-order valence-corrected chi connectivity index (χ2v) is 6.94. The molecule has 2 fully saturated rings. The fourth-order valence-corrected chi connectivity index (χ4v) is 3.99. The first-order chi connectivity index (χ1) is 11.4. The van der Waals surface area contributed by atoms with Gasteiger partial charge in [-0.15, -0.1) is 6.58 Å². The summed E-state index contributed by atoms with van der Waals surface area (Å²) < 4.78 is 1.72. The predicted molar refractivity (Wildman–Crippen MR) is 88.3 cm³/mol. The highest BCUT2D eigenvalue weighted by Gasteiger charge is 2.58. The Kier molecular flexibility index (Phi) is 4.45. The molecule has 2 aliphatic heterocycles. The molecular weight excluding hydrogens is 308 g/mol. The van der Waals surface area contributed by atoms with Gasteiger partial charge in [0.05, 0.1) is 6.20 Å². The number of aliphatic carboxylic acids is 1. The van der Waals surface area contributed by atoms with Crippen molar-refractivity contribution in [2.24, 2.45) is 18.4 Å². The molecule has 7 heteroatoms. The van der Waals surface area contributed by atoms with Crippen molar-refractivity contribution in [2.75, 3.05) is 32.7 Å². The summed E-state index contributed by atoms with van der Waals surface area (Å²) in [5.41, 5.74) is 0.197. The van der Waals surface area contributed by atoms with Crippen LogP contribution >= 0.6 is 0 Å². The van der Waals surface area contributed by atoms with E-state index in [-0.39, 0.29) is 11.8 Å². The third-order valence-corrected chi connectivity index (χ3v) is 5.23. The molecular formula is C17H24N4O3. The quantitative estimate of drug-likeness (QED) is 0.762. The van der Waals surface area contributed by atoms with Crippen molar-refractivity contribution < 1.29 is 14.7 Å². The van der Waals surface area contributed by atoms with E-state index in [1.54, 1.807) is 21.9 Å². The lowest BCUT2D eigenvalue weighted by Gasteiger charge is -2.25. The third-order valence-electron chi connectivity index (χ3n) is 5.23. The van der Waals surface area contributed by atoms with Gasteiger partial charge in [0.15, 0.2) is 0 Å². The van der Waals surface area contributed by atoms with E-state index in [0.29, 0.717) is 45.6 Å². The van der Waals surface area contributed by atoms with Crippen LogP contribution in [0.25, 0.3) is 0 Å². The van der Waals surface area contributed by atoms with Crippen LogP contribution in [0.5, 0.6) is 0 Å². The van der Waals surface area contributed by atoms with Gasteiger partial charge in [0.25, 0.3) is 0 Å². The highest BCUT2D eigenvalue weighted by molar-refractivity contribution is 5.81. The van der Waals surface area contributed by atoms with Gasteiger partial charge < -0.3 is 10.0 Å². The van der Waals surface area contributed by atoms with Crippen molar-refractivity contribution in [2.45, 2.75) is 12.8 Å². The maximum Gasteiger partial charge on any atom is 0.313 e. The highest BCUT2D eigenvalue weighted by Crippen LogP contribution is 2.42. The number of hydrogen-bond acceptors (Lipinski definition) is 4. The van der Waals surface area contributed by atoms with E-state index in [0.717, 1.165) is 5.56 Å². The molecule has 0 bridgehead atoms. The van der Waals surface area contributed by atoms with Crippen molar-refractivity contribution in [3.63, 3.8) is 0 Å². The molecule has 1 aromatic rings. The number of rotatable bonds is 6. The molecule has 0 aliphatic carbocycles.